The summed E-state index contributed by atoms with van der Waals surface area (Å²) in [6, 6.07) is 5.82. The summed E-state index contributed by atoms with van der Waals surface area (Å²) < 4.78 is 1.08. The van der Waals surface area contributed by atoms with E-state index < -0.39 is 0 Å². The number of benzene rings is 1. The van der Waals surface area contributed by atoms with E-state index in [-0.39, 0.29) is 11.8 Å². The fraction of sp³-hybridized carbons (Fsp3) is 0.400. The monoisotopic (exact) mass is 397 g/mol. The van der Waals surface area contributed by atoms with Gasteiger partial charge in [0.15, 0.2) is 0 Å². The summed E-state index contributed by atoms with van der Waals surface area (Å²) in [5.74, 6) is 0.335. The highest BCUT2D eigenvalue weighted by Crippen LogP contribution is 2.26. The normalized spacial score (nSPS) is 15.1. The second-order valence-electron chi connectivity index (χ2n) is 7.31. The van der Waals surface area contributed by atoms with Crippen molar-refractivity contribution in [1.82, 2.24) is 20.1 Å². The summed E-state index contributed by atoms with van der Waals surface area (Å²) in [5.41, 5.74) is 3.19. The van der Waals surface area contributed by atoms with Crippen LogP contribution in [0.2, 0.25) is 0 Å². The van der Waals surface area contributed by atoms with E-state index in [1.165, 1.54) is 0 Å². The maximum absolute atomic E-state index is 12.5. The topological polar surface area (TPSA) is 91.0 Å². The minimum absolute atomic E-state index is 0.0160. The molecule has 0 radical (unpaired) electrons. The molecule has 1 aromatic carbocycles. The van der Waals surface area contributed by atoms with Gasteiger partial charge in [-0.15, -0.1) is 11.3 Å². The van der Waals surface area contributed by atoms with Gasteiger partial charge in [-0.1, -0.05) is 0 Å². The lowest BCUT2D eigenvalue weighted by atomic mass is 9.93. The van der Waals surface area contributed by atoms with Crippen molar-refractivity contribution in [2.45, 2.75) is 33.1 Å². The van der Waals surface area contributed by atoms with Crippen molar-refractivity contribution in [3.05, 3.63) is 40.7 Å². The Morgan fingerprint density at radius 2 is 2.07 bits per heavy atom. The molecule has 2 aromatic heterocycles. The second kappa shape index (κ2) is 7.71. The molecule has 2 N–H and O–H groups in total. The molecule has 1 fully saturated rings. The number of nitrogens with one attached hydrogen (secondary N) is 2. The van der Waals surface area contributed by atoms with Gasteiger partial charge < -0.3 is 10.2 Å². The number of aryl methyl sites for hydroxylation is 2. The number of hydrogen-bond acceptors (Lipinski definition) is 5. The fourth-order valence-corrected chi connectivity index (χ4v) is 4.54. The van der Waals surface area contributed by atoms with Crippen LogP contribution >= 0.6 is 11.3 Å². The third kappa shape index (κ3) is 3.91. The minimum Gasteiger partial charge on any atom is -0.339 e. The Labute approximate surface area is 167 Å². The summed E-state index contributed by atoms with van der Waals surface area (Å²) in [7, 11) is 0. The Kier molecular flexibility index (Phi) is 5.13. The first-order valence-electron chi connectivity index (χ1n) is 9.46. The van der Waals surface area contributed by atoms with E-state index in [1.54, 1.807) is 17.5 Å². The summed E-state index contributed by atoms with van der Waals surface area (Å²) in [6.07, 6.45) is 3.73. The average molecular weight is 398 g/mol. The molecule has 1 saturated heterocycles. The first-order valence-corrected chi connectivity index (χ1v) is 10.3. The first-order chi connectivity index (χ1) is 13.5. The van der Waals surface area contributed by atoms with Gasteiger partial charge in [0.05, 0.1) is 27.0 Å². The van der Waals surface area contributed by atoms with Gasteiger partial charge in [0.25, 0.3) is 5.91 Å². The number of likely N-dealkylation sites (tertiary alicyclic amines) is 1. The predicted molar refractivity (Wildman–Crippen MR) is 110 cm³/mol. The number of thiazole rings is 1. The SMILES string of the molecule is Cc1nc2ccc(NC(=O)CC3CCN(C(=O)c4cn[nH]c4C)CC3)cc2s1. The number of anilines is 1. The molecule has 0 spiro atoms. The largest absolute Gasteiger partial charge is 0.339 e. The van der Waals surface area contributed by atoms with Gasteiger partial charge in [-0.3, -0.25) is 14.7 Å². The van der Waals surface area contributed by atoms with Gasteiger partial charge in [-0.25, -0.2) is 4.98 Å². The molecule has 1 aliphatic rings. The highest BCUT2D eigenvalue weighted by atomic mass is 32.1. The number of aromatic amines is 1. The number of piperidine rings is 1. The molecule has 0 bridgehead atoms. The Morgan fingerprint density at radius 1 is 1.29 bits per heavy atom. The number of carbonyl (C=O) groups excluding carboxylic acids is 2. The number of amides is 2. The van der Waals surface area contributed by atoms with Gasteiger partial charge in [0.2, 0.25) is 5.91 Å². The van der Waals surface area contributed by atoms with E-state index in [1.807, 2.05) is 36.9 Å². The molecule has 3 heterocycles. The number of rotatable bonds is 4. The molecule has 1 aliphatic heterocycles. The van der Waals surface area contributed by atoms with Gasteiger partial charge in [-0.05, 0) is 50.8 Å². The highest BCUT2D eigenvalue weighted by Gasteiger charge is 2.26. The van der Waals surface area contributed by atoms with Crippen LogP contribution in [0.1, 0.15) is 40.3 Å². The van der Waals surface area contributed by atoms with Crippen LogP contribution in [0.4, 0.5) is 5.69 Å². The number of nitrogens with zero attached hydrogens (tertiary/aromatic N) is 3. The second-order valence-corrected chi connectivity index (χ2v) is 8.55. The standard InChI is InChI=1S/C20H23N5O2S/c1-12-16(11-21-24-12)20(27)25-7-5-14(6-8-25)9-19(26)23-15-3-4-17-18(10-15)28-13(2)22-17/h3-4,10-11,14H,5-9H2,1-2H3,(H,21,24)(H,23,26). The smallest absolute Gasteiger partial charge is 0.257 e. The zero-order valence-corrected chi connectivity index (χ0v) is 16.8. The molecule has 2 amide bonds. The number of H-pyrrole nitrogens is 1. The lowest BCUT2D eigenvalue weighted by Gasteiger charge is -2.31. The predicted octanol–water partition coefficient (Wildman–Crippen LogP) is 3.52. The van der Waals surface area contributed by atoms with E-state index >= 15 is 0 Å². The molecule has 146 valence electrons. The van der Waals surface area contributed by atoms with Crippen LogP contribution in [0.5, 0.6) is 0 Å². The van der Waals surface area contributed by atoms with Crippen LogP contribution in [0.25, 0.3) is 10.2 Å². The van der Waals surface area contributed by atoms with Crippen LogP contribution < -0.4 is 5.32 Å². The minimum atomic E-state index is 0.0160. The van der Waals surface area contributed by atoms with Crippen molar-refractivity contribution in [2.75, 3.05) is 18.4 Å². The molecule has 28 heavy (non-hydrogen) atoms. The molecule has 3 aromatic rings. The molecule has 0 saturated carbocycles. The van der Waals surface area contributed by atoms with E-state index in [0.29, 0.717) is 31.0 Å². The zero-order chi connectivity index (χ0) is 19.7. The first kappa shape index (κ1) is 18.6. The molecule has 4 rings (SSSR count). The van der Waals surface area contributed by atoms with E-state index in [9.17, 15) is 9.59 Å². The Hall–Kier alpha value is -2.74. The molecule has 0 atom stereocenters. The van der Waals surface area contributed by atoms with Crippen molar-refractivity contribution >= 4 is 39.1 Å². The Morgan fingerprint density at radius 3 is 2.79 bits per heavy atom. The molecule has 8 heteroatoms. The van der Waals surface area contributed by atoms with Gasteiger partial charge in [0.1, 0.15) is 0 Å². The van der Waals surface area contributed by atoms with Gasteiger partial charge in [-0.2, -0.15) is 5.10 Å². The third-order valence-corrected chi connectivity index (χ3v) is 6.15. The quantitative estimate of drug-likeness (QED) is 0.705. The lowest BCUT2D eigenvalue weighted by Crippen LogP contribution is -2.39. The third-order valence-electron chi connectivity index (χ3n) is 5.22. The molecule has 7 nitrogen and oxygen atoms in total. The van der Waals surface area contributed by atoms with Crippen LogP contribution in [0, 0.1) is 19.8 Å². The molecular formula is C20H23N5O2S. The summed E-state index contributed by atoms with van der Waals surface area (Å²) in [5, 5.41) is 10.7. The van der Waals surface area contributed by atoms with E-state index in [0.717, 1.165) is 39.4 Å². The van der Waals surface area contributed by atoms with Crippen molar-refractivity contribution in [3.63, 3.8) is 0 Å². The molecule has 0 unspecified atom stereocenters. The molecule has 0 aliphatic carbocycles. The van der Waals surface area contributed by atoms with Crippen molar-refractivity contribution in [1.29, 1.82) is 0 Å². The number of aromatic nitrogens is 3. The summed E-state index contributed by atoms with van der Waals surface area (Å²) in [6.45, 7) is 5.18. The number of carbonyl (C=O) groups is 2. The maximum Gasteiger partial charge on any atom is 0.257 e. The lowest BCUT2D eigenvalue weighted by molar-refractivity contribution is -0.117. The van der Waals surface area contributed by atoms with Crippen molar-refractivity contribution < 1.29 is 9.59 Å². The van der Waals surface area contributed by atoms with Crippen molar-refractivity contribution in [2.24, 2.45) is 5.92 Å². The van der Waals surface area contributed by atoms with Crippen LogP contribution in [0.3, 0.4) is 0 Å². The number of hydrogen-bond donors (Lipinski definition) is 2. The van der Waals surface area contributed by atoms with Gasteiger partial charge >= 0.3 is 0 Å². The van der Waals surface area contributed by atoms with Crippen LogP contribution in [-0.4, -0.2) is 45.0 Å². The van der Waals surface area contributed by atoms with Crippen LogP contribution in [0.15, 0.2) is 24.4 Å². The average Bonchev–Trinajstić information content (AvgIpc) is 3.25. The molecular weight excluding hydrogens is 374 g/mol. The number of fused-ring (bicyclic) bond motifs is 1. The van der Waals surface area contributed by atoms with Crippen LogP contribution in [-0.2, 0) is 4.79 Å². The highest BCUT2D eigenvalue weighted by molar-refractivity contribution is 7.18. The fourth-order valence-electron chi connectivity index (χ4n) is 3.67. The zero-order valence-electron chi connectivity index (χ0n) is 16.0. The Bertz CT molecular complexity index is 1020. The maximum atomic E-state index is 12.5. The van der Waals surface area contributed by atoms with Gasteiger partial charge in [0, 0.05) is 30.9 Å². The summed E-state index contributed by atoms with van der Waals surface area (Å²) in [4.78, 5) is 31.3. The van der Waals surface area contributed by atoms with E-state index in [2.05, 4.69) is 20.5 Å². The Balaban J connectivity index is 1.29. The van der Waals surface area contributed by atoms with Crippen molar-refractivity contribution in [3.8, 4) is 0 Å². The van der Waals surface area contributed by atoms with E-state index in [4.69, 9.17) is 0 Å². The summed E-state index contributed by atoms with van der Waals surface area (Å²) >= 11 is 1.63.